The van der Waals surface area contributed by atoms with Gasteiger partial charge in [0, 0.05) is 11.5 Å². The maximum absolute atomic E-state index is 14.2. The molecule has 0 unspecified atom stereocenters. The molecule has 4 rings (SSSR count). The summed E-state index contributed by atoms with van der Waals surface area (Å²) in [4.78, 5) is 27.6. The quantitative estimate of drug-likeness (QED) is 0.306. The molecule has 38 heavy (non-hydrogen) atoms. The first-order valence-electron chi connectivity index (χ1n) is 12.3. The number of carbonyl (C=O) groups excluding carboxylic acids is 2. The molecule has 2 aromatic carbocycles. The fourth-order valence-electron chi connectivity index (χ4n) is 3.97. The largest absolute Gasteiger partial charge is 0.467 e. The van der Waals surface area contributed by atoms with Crippen LogP contribution in [0.1, 0.15) is 43.4 Å². The van der Waals surface area contributed by atoms with Crippen molar-refractivity contribution in [2.24, 2.45) is 0 Å². The molecule has 198 valence electrons. The van der Waals surface area contributed by atoms with E-state index in [-0.39, 0.29) is 24.2 Å². The SMILES string of the molecule is Cc1ccc(-n2nc(C(C)(C)C)cc2NC(=O)CN(Cc2ccco2)C(=O)Nc2ccccc2F)c(C)c1. The average Bonchev–Trinajstić information content (AvgIpc) is 3.50. The van der Waals surface area contributed by atoms with Crippen LogP contribution in [0.2, 0.25) is 0 Å². The van der Waals surface area contributed by atoms with Crippen LogP contribution in [0, 0.1) is 19.7 Å². The van der Waals surface area contributed by atoms with E-state index in [4.69, 9.17) is 9.52 Å². The number of benzene rings is 2. The molecule has 0 spiro atoms. The lowest BCUT2D eigenvalue weighted by Gasteiger charge is -2.22. The van der Waals surface area contributed by atoms with E-state index in [1.165, 1.54) is 29.4 Å². The van der Waals surface area contributed by atoms with Gasteiger partial charge in [0.25, 0.3) is 0 Å². The summed E-state index contributed by atoms with van der Waals surface area (Å²) < 4.78 is 21.3. The Hall–Kier alpha value is -4.40. The Kier molecular flexibility index (Phi) is 7.66. The van der Waals surface area contributed by atoms with Gasteiger partial charge in [-0.25, -0.2) is 13.9 Å². The predicted molar refractivity (Wildman–Crippen MR) is 145 cm³/mol. The number of halogens is 1. The molecule has 0 saturated carbocycles. The smallest absolute Gasteiger partial charge is 0.322 e. The van der Waals surface area contributed by atoms with Crippen molar-refractivity contribution in [3.8, 4) is 5.69 Å². The number of urea groups is 1. The van der Waals surface area contributed by atoms with Gasteiger partial charge in [-0.15, -0.1) is 0 Å². The second-order valence-electron chi connectivity index (χ2n) is 10.3. The zero-order valence-electron chi connectivity index (χ0n) is 22.2. The Bertz CT molecular complexity index is 1440. The zero-order chi connectivity index (χ0) is 27.4. The monoisotopic (exact) mass is 517 g/mol. The Balaban J connectivity index is 1.60. The molecular formula is C29H32FN5O3. The van der Waals surface area contributed by atoms with E-state index < -0.39 is 17.8 Å². The Morgan fingerprint density at radius 2 is 1.79 bits per heavy atom. The molecule has 8 nitrogen and oxygen atoms in total. The van der Waals surface area contributed by atoms with Crippen LogP contribution in [-0.2, 0) is 16.8 Å². The molecule has 9 heteroatoms. The van der Waals surface area contributed by atoms with Gasteiger partial charge < -0.3 is 20.0 Å². The van der Waals surface area contributed by atoms with Crippen LogP contribution in [-0.4, -0.2) is 33.2 Å². The summed E-state index contributed by atoms with van der Waals surface area (Å²) in [6, 6.07) is 16.5. The number of furan rings is 1. The number of anilines is 2. The van der Waals surface area contributed by atoms with E-state index in [0.717, 1.165) is 22.5 Å². The molecule has 0 bridgehead atoms. The van der Waals surface area contributed by atoms with E-state index in [1.54, 1.807) is 22.9 Å². The second kappa shape index (κ2) is 10.9. The first-order chi connectivity index (χ1) is 18.0. The number of hydrogen-bond acceptors (Lipinski definition) is 4. The number of aromatic nitrogens is 2. The lowest BCUT2D eigenvalue weighted by Crippen LogP contribution is -2.40. The number of para-hydroxylation sites is 1. The third-order valence-corrected chi connectivity index (χ3v) is 5.99. The van der Waals surface area contributed by atoms with Gasteiger partial charge in [-0.05, 0) is 49.7 Å². The van der Waals surface area contributed by atoms with Crippen molar-refractivity contribution in [3.63, 3.8) is 0 Å². The van der Waals surface area contributed by atoms with Gasteiger partial charge in [-0.3, -0.25) is 4.79 Å². The Morgan fingerprint density at radius 3 is 2.45 bits per heavy atom. The molecule has 0 fully saturated rings. The fraction of sp³-hybridized carbons (Fsp3) is 0.276. The number of nitrogens with one attached hydrogen (secondary N) is 2. The lowest BCUT2D eigenvalue weighted by molar-refractivity contribution is -0.116. The highest BCUT2D eigenvalue weighted by Gasteiger charge is 2.24. The normalized spacial score (nSPS) is 11.3. The van der Waals surface area contributed by atoms with Crippen LogP contribution in [0.3, 0.4) is 0 Å². The number of carbonyl (C=O) groups is 2. The summed E-state index contributed by atoms with van der Waals surface area (Å²) in [5.41, 5.74) is 3.53. The number of aryl methyl sites for hydroxylation is 2. The van der Waals surface area contributed by atoms with Crippen LogP contribution in [0.4, 0.5) is 20.7 Å². The van der Waals surface area contributed by atoms with Gasteiger partial charge in [-0.2, -0.15) is 5.10 Å². The van der Waals surface area contributed by atoms with E-state index in [0.29, 0.717) is 11.6 Å². The molecule has 4 aromatic rings. The van der Waals surface area contributed by atoms with E-state index in [2.05, 4.69) is 16.7 Å². The number of rotatable bonds is 7. The fourth-order valence-corrected chi connectivity index (χ4v) is 3.97. The maximum Gasteiger partial charge on any atom is 0.322 e. The first-order valence-corrected chi connectivity index (χ1v) is 12.3. The summed E-state index contributed by atoms with van der Waals surface area (Å²) in [5, 5.41) is 10.2. The second-order valence-corrected chi connectivity index (χ2v) is 10.3. The molecule has 0 atom stereocenters. The van der Waals surface area contributed by atoms with E-state index in [1.807, 2.05) is 52.8 Å². The molecule has 0 aliphatic heterocycles. The van der Waals surface area contributed by atoms with Crippen molar-refractivity contribution in [2.45, 2.75) is 46.6 Å². The third-order valence-electron chi connectivity index (χ3n) is 5.99. The van der Waals surface area contributed by atoms with Crippen molar-refractivity contribution >= 4 is 23.4 Å². The summed E-state index contributed by atoms with van der Waals surface area (Å²) >= 11 is 0. The summed E-state index contributed by atoms with van der Waals surface area (Å²) in [6.07, 6.45) is 1.48. The molecular weight excluding hydrogens is 485 g/mol. The van der Waals surface area contributed by atoms with E-state index >= 15 is 0 Å². The van der Waals surface area contributed by atoms with Gasteiger partial charge in [0.05, 0.1) is 29.9 Å². The number of nitrogens with zero attached hydrogens (tertiary/aromatic N) is 3. The van der Waals surface area contributed by atoms with Crippen LogP contribution in [0.5, 0.6) is 0 Å². The molecule has 3 amide bonds. The Labute approximate surface area is 221 Å². The highest BCUT2D eigenvalue weighted by molar-refractivity contribution is 5.96. The molecule has 0 radical (unpaired) electrons. The average molecular weight is 518 g/mol. The van der Waals surface area contributed by atoms with Crippen molar-refractivity contribution < 1.29 is 18.4 Å². The third kappa shape index (κ3) is 6.29. The highest BCUT2D eigenvalue weighted by Crippen LogP contribution is 2.28. The minimum absolute atomic E-state index is 0.0181. The van der Waals surface area contributed by atoms with Crippen LogP contribution in [0.15, 0.2) is 71.3 Å². The van der Waals surface area contributed by atoms with Crippen LogP contribution >= 0.6 is 0 Å². The van der Waals surface area contributed by atoms with Gasteiger partial charge in [0.2, 0.25) is 5.91 Å². The summed E-state index contributed by atoms with van der Waals surface area (Å²) in [7, 11) is 0. The molecule has 0 aliphatic carbocycles. The predicted octanol–water partition coefficient (Wildman–Crippen LogP) is 6.19. The number of hydrogen-bond donors (Lipinski definition) is 2. The van der Waals surface area contributed by atoms with Gasteiger partial charge in [0.1, 0.15) is 23.9 Å². The van der Waals surface area contributed by atoms with Crippen molar-refractivity contribution in [3.05, 3.63) is 95.3 Å². The maximum atomic E-state index is 14.2. The summed E-state index contributed by atoms with van der Waals surface area (Å²) in [5.74, 6) is -0.0434. The van der Waals surface area contributed by atoms with Crippen molar-refractivity contribution in [1.29, 1.82) is 0 Å². The number of amides is 3. The molecule has 2 N–H and O–H groups in total. The standard InChI is InChI=1S/C29H32FN5O3/c1-19-12-13-24(20(2)15-19)35-26(16-25(33-35)29(3,4)5)32-27(36)18-34(17-21-9-8-14-38-21)28(37)31-23-11-7-6-10-22(23)30/h6-16H,17-18H2,1-5H3,(H,31,37)(H,32,36). The van der Waals surface area contributed by atoms with Crippen molar-refractivity contribution in [2.75, 3.05) is 17.2 Å². The van der Waals surface area contributed by atoms with Crippen molar-refractivity contribution in [1.82, 2.24) is 14.7 Å². The zero-order valence-corrected chi connectivity index (χ0v) is 22.2. The van der Waals surface area contributed by atoms with Crippen LogP contribution in [0.25, 0.3) is 5.69 Å². The van der Waals surface area contributed by atoms with Gasteiger partial charge >= 0.3 is 6.03 Å². The minimum Gasteiger partial charge on any atom is -0.467 e. The molecule has 2 heterocycles. The lowest BCUT2D eigenvalue weighted by atomic mass is 9.92. The van der Waals surface area contributed by atoms with Crippen LogP contribution < -0.4 is 10.6 Å². The summed E-state index contributed by atoms with van der Waals surface area (Å²) in [6.45, 7) is 9.87. The molecule has 0 saturated heterocycles. The minimum atomic E-state index is -0.639. The van der Waals surface area contributed by atoms with Gasteiger partial charge in [-0.1, -0.05) is 50.6 Å². The highest BCUT2D eigenvalue weighted by atomic mass is 19.1. The first kappa shape index (κ1) is 26.7. The Morgan fingerprint density at radius 1 is 1.03 bits per heavy atom. The molecule has 0 aliphatic rings. The van der Waals surface area contributed by atoms with Gasteiger partial charge in [0.15, 0.2) is 0 Å². The molecule has 2 aromatic heterocycles. The topological polar surface area (TPSA) is 92.4 Å². The van der Waals surface area contributed by atoms with E-state index in [9.17, 15) is 14.0 Å².